The van der Waals surface area contributed by atoms with Gasteiger partial charge in [0.25, 0.3) is 0 Å². The second-order valence-electron chi connectivity index (χ2n) is 4.34. The third-order valence-corrected chi connectivity index (χ3v) is 2.98. The summed E-state index contributed by atoms with van der Waals surface area (Å²) < 4.78 is 0. The molecule has 0 radical (unpaired) electrons. The number of rotatable bonds is 5. The molecule has 0 aliphatic heterocycles. The highest BCUT2D eigenvalue weighted by atomic mass is 16.1. The highest BCUT2D eigenvalue weighted by Crippen LogP contribution is 2.17. The van der Waals surface area contributed by atoms with E-state index < -0.39 is 22.7 Å². The molecule has 0 saturated carbocycles. The Kier molecular flexibility index (Phi) is 4.74. The van der Waals surface area contributed by atoms with Crippen molar-refractivity contribution in [2.45, 2.75) is 0 Å². The number of carbonyl (C=O) groups is 2. The summed E-state index contributed by atoms with van der Waals surface area (Å²) in [5.74, 6) is 1.32. The molecule has 0 amide bonds. The summed E-state index contributed by atoms with van der Waals surface area (Å²) in [4.78, 5) is 46.8. The fraction of sp³-hybridized carbons (Fsp3) is 0. The van der Waals surface area contributed by atoms with Crippen LogP contribution in [0.5, 0.6) is 0 Å². The monoisotopic (exact) mass is 290 g/mol. The summed E-state index contributed by atoms with van der Waals surface area (Å²) in [5, 5.41) is 0. The second-order valence-corrected chi connectivity index (χ2v) is 4.34. The molecule has 0 fully saturated rings. The van der Waals surface area contributed by atoms with Gasteiger partial charge in [-0.15, -0.1) is 0 Å². The maximum atomic E-state index is 12.3. The lowest BCUT2D eigenvalue weighted by Crippen LogP contribution is -2.14. The predicted molar refractivity (Wildman–Crippen MR) is 80.0 cm³/mol. The van der Waals surface area contributed by atoms with Gasteiger partial charge in [-0.25, -0.2) is 9.59 Å². The average Bonchev–Trinajstić information content (AvgIpc) is 2.60. The van der Waals surface area contributed by atoms with Gasteiger partial charge in [-0.1, -0.05) is 60.7 Å². The topological polar surface area (TPSA) is 68.3 Å². The number of allylic oxidation sites excluding steroid dienone is 2. The SMILES string of the molecule is O=C=C(C(=O)c1ccccc1)C(=C=O)C(=O)c1ccccc1. The van der Waals surface area contributed by atoms with E-state index in [0.29, 0.717) is 0 Å². The van der Waals surface area contributed by atoms with Crippen LogP contribution in [0.2, 0.25) is 0 Å². The largest absolute Gasteiger partial charge is 0.288 e. The van der Waals surface area contributed by atoms with E-state index in [0.717, 1.165) is 0 Å². The van der Waals surface area contributed by atoms with Crippen molar-refractivity contribution in [2.24, 2.45) is 0 Å². The highest BCUT2D eigenvalue weighted by molar-refractivity contribution is 6.28. The molecule has 2 rings (SSSR count). The lowest BCUT2D eigenvalue weighted by Gasteiger charge is -2.04. The molecule has 22 heavy (non-hydrogen) atoms. The molecule has 0 aromatic heterocycles. The normalized spacial score (nSPS) is 9.27. The number of Topliss-reactive ketones (excluding diaryl/α,β-unsaturated/α-hetero) is 2. The van der Waals surface area contributed by atoms with Crippen LogP contribution in [0.4, 0.5) is 0 Å². The zero-order valence-electron chi connectivity index (χ0n) is 11.4. The molecular weight excluding hydrogens is 280 g/mol. The number of hydrogen-bond donors (Lipinski definition) is 0. The smallest absolute Gasteiger partial charge is 0.205 e. The van der Waals surface area contributed by atoms with E-state index in [4.69, 9.17) is 0 Å². The van der Waals surface area contributed by atoms with Crippen molar-refractivity contribution in [1.29, 1.82) is 0 Å². The van der Waals surface area contributed by atoms with E-state index in [9.17, 15) is 19.2 Å². The molecule has 0 aliphatic carbocycles. The van der Waals surface area contributed by atoms with Crippen molar-refractivity contribution in [3.05, 3.63) is 82.9 Å². The molecule has 4 nitrogen and oxygen atoms in total. The molecule has 0 spiro atoms. The van der Waals surface area contributed by atoms with E-state index in [1.807, 2.05) is 0 Å². The maximum absolute atomic E-state index is 12.3. The molecule has 2 aromatic rings. The van der Waals surface area contributed by atoms with E-state index in [2.05, 4.69) is 0 Å². The molecule has 0 atom stereocenters. The molecule has 0 saturated heterocycles. The van der Waals surface area contributed by atoms with Crippen molar-refractivity contribution in [2.75, 3.05) is 0 Å². The van der Waals surface area contributed by atoms with Crippen LogP contribution in [0.3, 0.4) is 0 Å². The molecular formula is C18H10O4. The van der Waals surface area contributed by atoms with Crippen molar-refractivity contribution in [1.82, 2.24) is 0 Å². The maximum Gasteiger partial charge on any atom is 0.205 e. The van der Waals surface area contributed by atoms with Crippen molar-refractivity contribution in [3.8, 4) is 0 Å². The summed E-state index contributed by atoms with van der Waals surface area (Å²) in [6.45, 7) is 0. The lowest BCUT2D eigenvalue weighted by molar-refractivity contribution is 0.0999. The van der Waals surface area contributed by atoms with Gasteiger partial charge in [0, 0.05) is 11.1 Å². The molecule has 0 heterocycles. The summed E-state index contributed by atoms with van der Waals surface area (Å²) >= 11 is 0. The standard InChI is InChI=1S/C18H10O4/c19-11-15(17(21)13-7-3-1-4-8-13)16(12-20)18(22)14-9-5-2-6-10-14/h1-10H. The van der Waals surface area contributed by atoms with Crippen LogP contribution in [-0.2, 0) is 9.59 Å². The molecule has 4 heteroatoms. The minimum Gasteiger partial charge on any atom is -0.288 e. The van der Waals surface area contributed by atoms with Gasteiger partial charge in [-0.3, -0.25) is 9.59 Å². The van der Waals surface area contributed by atoms with Crippen molar-refractivity contribution >= 4 is 23.4 Å². The van der Waals surface area contributed by atoms with Crippen LogP contribution in [0.1, 0.15) is 20.7 Å². The Morgan fingerprint density at radius 3 is 1.18 bits per heavy atom. The Balaban J connectivity index is 2.42. The molecule has 0 unspecified atom stereocenters. The Morgan fingerprint density at radius 1 is 0.591 bits per heavy atom. The van der Waals surface area contributed by atoms with E-state index in [1.165, 1.54) is 36.1 Å². The first-order valence-electron chi connectivity index (χ1n) is 6.39. The van der Waals surface area contributed by atoms with Gasteiger partial charge >= 0.3 is 0 Å². The van der Waals surface area contributed by atoms with Crippen LogP contribution < -0.4 is 0 Å². The molecule has 2 aromatic carbocycles. The fourth-order valence-electron chi connectivity index (χ4n) is 1.89. The zero-order valence-corrected chi connectivity index (χ0v) is 11.4. The molecule has 106 valence electrons. The number of ketones is 2. The first-order chi connectivity index (χ1) is 10.7. The van der Waals surface area contributed by atoms with Crippen LogP contribution in [0.15, 0.2) is 71.8 Å². The highest BCUT2D eigenvalue weighted by Gasteiger charge is 2.25. The summed E-state index contributed by atoms with van der Waals surface area (Å²) in [6, 6.07) is 15.8. The van der Waals surface area contributed by atoms with Crippen LogP contribution in [0, 0.1) is 0 Å². The summed E-state index contributed by atoms with van der Waals surface area (Å²) in [5.41, 5.74) is -0.853. The minimum absolute atomic E-state index is 0.189. The van der Waals surface area contributed by atoms with E-state index in [-0.39, 0.29) is 11.1 Å². The van der Waals surface area contributed by atoms with Gasteiger partial charge < -0.3 is 0 Å². The fourth-order valence-corrected chi connectivity index (χ4v) is 1.89. The Morgan fingerprint density at radius 2 is 0.909 bits per heavy atom. The minimum atomic E-state index is -0.738. The predicted octanol–water partition coefficient (Wildman–Crippen LogP) is 2.27. The van der Waals surface area contributed by atoms with Gasteiger partial charge in [0.2, 0.25) is 11.6 Å². The van der Waals surface area contributed by atoms with Crippen molar-refractivity contribution < 1.29 is 19.2 Å². The molecule has 0 aliphatic rings. The van der Waals surface area contributed by atoms with E-state index in [1.54, 1.807) is 36.4 Å². The average molecular weight is 290 g/mol. The number of benzene rings is 2. The number of carbonyl (C=O) groups excluding carboxylic acids is 4. The van der Waals surface area contributed by atoms with Gasteiger partial charge in [-0.2, -0.15) is 0 Å². The van der Waals surface area contributed by atoms with Gasteiger partial charge in [0.1, 0.15) is 23.0 Å². The van der Waals surface area contributed by atoms with Crippen LogP contribution in [0.25, 0.3) is 0 Å². The van der Waals surface area contributed by atoms with Crippen LogP contribution in [-0.4, -0.2) is 23.4 Å². The zero-order chi connectivity index (χ0) is 15.9. The quantitative estimate of drug-likeness (QED) is 0.366. The first kappa shape index (κ1) is 15.1. The van der Waals surface area contributed by atoms with Gasteiger partial charge in [0.05, 0.1) is 0 Å². The summed E-state index contributed by atoms with van der Waals surface area (Å²) in [6.07, 6.45) is 0. The van der Waals surface area contributed by atoms with E-state index >= 15 is 0 Å². The van der Waals surface area contributed by atoms with Crippen molar-refractivity contribution in [3.63, 3.8) is 0 Å². The lowest BCUT2D eigenvalue weighted by atomic mass is 9.93. The van der Waals surface area contributed by atoms with Crippen LogP contribution >= 0.6 is 0 Å². The Bertz CT molecular complexity index is 735. The third kappa shape index (κ3) is 3.05. The first-order valence-corrected chi connectivity index (χ1v) is 6.39. The molecule has 0 N–H and O–H groups in total. The Hall–Kier alpha value is -3.32. The second kappa shape index (κ2) is 6.91. The summed E-state index contributed by atoms with van der Waals surface area (Å²) in [7, 11) is 0. The Labute approximate surface area is 126 Å². The molecule has 0 bridgehead atoms. The number of hydrogen-bond acceptors (Lipinski definition) is 4. The third-order valence-electron chi connectivity index (χ3n) is 2.98. The van der Waals surface area contributed by atoms with Gasteiger partial charge in [0.15, 0.2) is 0 Å². The van der Waals surface area contributed by atoms with Gasteiger partial charge in [-0.05, 0) is 0 Å².